The van der Waals surface area contributed by atoms with Crippen LogP contribution in [0.1, 0.15) is 6.42 Å². The molecule has 0 amide bonds. The lowest BCUT2D eigenvalue weighted by atomic mass is 10.5. The number of hydrogen-bond donors (Lipinski definition) is 3. The number of carbonyl (C=O) groups excluding carboxylic acids is 1. The highest BCUT2D eigenvalue weighted by atomic mass is 31.2. The van der Waals surface area contributed by atoms with E-state index in [4.69, 9.17) is 15.3 Å². The van der Waals surface area contributed by atoms with Crippen LogP contribution in [-0.2, 0) is 4.79 Å². The average molecular weight is 196 g/mol. The Morgan fingerprint density at radius 1 is 1.17 bits per heavy atom. The second kappa shape index (κ2) is 5.43. The van der Waals surface area contributed by atoms with Gasteiger partial charge in [-0.15, -0.1) is 0 Å². The van der Waals surface area contributed by atoms with E-state index in [9.17, 15) is 9.90 Å². The molecule has 72 valence electrons. The van der Waals surface area contributed by atoms with Crippen molar-refractivity contribution in [3.05, 3.63) is 0 Å². The molecule has 0 aliphatic heterocycles. The van der Waals surface area contributed by atoms with Crippen molar-refractivity contribution in [3.8, 4) is 0 Å². The molecular weight excluding hydrogens is 183 g/mol. The molecule has 0 saturated carbocycles. The normalized spacial score (nSPS) is 11.6. The zero-order valence-corrected chi connectivity index (χ0v) is 7.54. The topological polar surface area (TPSA) is 101 Å². The molecule has 0 unspecified atom stereocenters. The van der Waals surface area contributed by atoms with Crippen LogP contribution >= 0.6 is 7.26 Å². The summed E-state index contributed by atoms with van der Waals surface area (Å²) in [6.07, 6.45) is -1.08. The first kappa shape index (κ1) is 11.8. The second-order valence-electron chi connectivity index (χ2n) is 2.61. The predicted octanol–water partition coefficient (Wildman–Crippen LogP) is -2.01. The molecule has 0 aliphatic rings. The molecule has 0 radical (unpaired) electrons. The maximum absolute atomic E-state index is 10.1. The lowest BCUT2D eigenvalue weighted by molar-refractivity contribution is -0.305. The Bertz CT molecular complexity index is 137. The first-order valence-electron chi connectivity index (χ1n) is 3.48. The molecule has 0 aromatic heterocycles. The van der Waals surface area contributed by atoms with Crippen LogP contribution in [0.2, 0.25) is 0 Å². The highest BCUT2D eigenvalue weighted by Crippen LogP contribution is 2.56. The summed E-state index contributed by atoms with van der Waals surface area (Å²) in [7, 11) is -2.25. The molecule has 5 nitrogen and oxygen atoms in total. The van der Waals surface area contributed by atoms with E-state index < -0.39 is 13.2 Å². The third-order valence-corrected chi connectivity index (χ3v) is 4.66. The Morgan fingerprint density at radius 3 is 1.83 bits per heavy atom. The number of carboxylic acid groups (broad SMARTS) is 1. The van der Waals surface area contributed by atoms with Gasteiger partial charge in [0, 0.05) is 12.4 Å². The molecule has 6 heteroatoms. The van der Waals surface area contributed by atoms with Gasteiger partial charge in [-0.25, -0.2) is 0 Å². The Hall–Kier alpha value is -0.220. The van der Waals surface area contributed by atoms with Gasteiger partial charge >= 0.3 is 0 Å². The molecule has 0 aliphatic carbocycles. The van der Waals surface area contributed by atoms with Crippen molar-refractivity contribution in [1.29, 1.82) is 0 Å². The average Bonchev–Trinajstić information content (AvgIpc) is 2.08. The monoisotopic (exact) mass is 196 g/mol. The molecule has 0 aromatic rings. The van der Waals surface area contributed by atoms with Gasteiger partial charge in [0.15, 0.2) is 19.0 Å². The van der Waals surface area contributed by atoms with Crippen LogP contribution in [0.25, 0.3) is 0 Å². The lowest BCUT2D eigenvalue weighted by Crippen LogP contribution is -2.25. The number of aliphatic hydroxyl groups excluding tert-OH is 3. The van der Waals surface area contributed by atoms with E-state index in [0.29, 0.717) is 0 Å². The van der Waals surface area contributed by atoms with Gasteiger partial charge < -0.3 is 25.2 Å². The van der Waals surface area contributed by atoms with Crippen LogP contribution < -0.4 is 5.11 Å². The molecule has 0 bridgehead atoms. The third kappa shape index (κ3) is 3.45. The number of rotatable bonds is 6. The van der Waals surface area contributed by atoms with Gasteiger partial charge in [-0.05, 0) is 0 Å². The number of aliphatic hydroxyl groups is 3. The van der Waals surface area contributed by atoms with Crippen molar-refractivity contribution in [2.75, 3.05) is 25.2 Å². The summed E-state index contributed by atoms with van der Waals surface area (Å²) in [6, 6.07) is 0. The van der Waals surface area contributed by atoms with Crippen LogP contribution in [0.5, 0.6) is 0 Å². The van der Waals surface area contributed by atoms with Gasteiger partial charge in [-0.2, -0.15) is 0 Å². The van der Waals surface area contributed by atoms with E-state index in [0.717, 1.165) is 0 Å². The fourth-order valence-corrected chi connectivity index (χ4v) is 2.02. The number of aliphatic carboxylic acids is 1. The summed E-state index contributed by atoms with van der Waals surface area (Å²) in [6.45, 7) is 0. The summed E-state index contributed by atoms with van der Waals surface area (Å²) in [5.74, 6) is -1.23. The minimum atomic E-state index is -2.25. The Kier molecular flexibility index (Phi) is 5.33. The van der Waals surface area contributed by atoms with Gasteiger partial charge in [0.2, 0.25) is 0 Å². The van der Waals surface area contributed by atoms with Crippen LogP contribution in [0.4, 0.5) is 0 Å². The van der Waals surface area contributed by atoms with Crippen molar-refractivity contribution in [3.63, 3.8) is 0 Å². The fraction of sp³-hybridized carbons (Fsp3) is 0.833. The van der Waals surface area contributed by atoms with Crippen molar-refractivity contribution in [2.24, 2.45) is 0 Å². The van der Waals surface area contributed by atoms with Gasteiger partial charge in [-0.1, -0.05) is 0 Å². The van der Waals surface area contributed by atoms with E-state index in [1.165, 1.54) is 0 Å². The number of hydrogen-bond acceptors (Lipinski definition) is 5. The molecule has 0 fully saturated rings. The molecule has 0 saturated heterocycles. The molecule has 12 heavy (non-hydrogen) atoms. The first-order valence-corrected chi connectivity index (χ1v) is 6.01. The summed E-state index contributed by atoms with van der Waals surface area (Å²) < 4.78 is 0. The third-order valence-electron chi connectivity index (χ3n) is 1.69. The van der Waals surface area contributed by atoms with Gasteiger partial charge in [0.1, 0.15) is 0 Å². The van der Waals surface area contributed by atoms with Gasteiger partial charge in [0.25, 0.3) is 0 Å². The Balaban J connectivity index is 4.01. The molecular formula is C6H13O5P. The second-order valence-corrected chi connectivity index (χ2v) is 6.59. The largest absolute Gasteiger partial charge is 0.550 e. The maximum atomic E-state index is 10.1. The molecule has 0 heterocycles. The highest BCUT2D eigenvalue weighted by Gasteiger charge is 2.34. The van der Waals surface area contributed by atoms with Crippen molar-refractivity contribution in [1.82, 2.24) is 0 Å². The smallest absolute Gasteiger partial charge is 0.158 e. The zero-order chi connectivity index (χ0) is 9.61. The summed E-state index contributed by atoms with van der Waals surface area (Å²) in [5, 5.41) is 36.5. The van der Waals surface area contributed by atoms with E-state index in [2.05, 4.69) is 0 Å². The molecule has 0 spiro atoms. The van der Waals surface area contributed by atoms with E-state index in [1.807, 2.05) is 0 Å². The highest BCUT2D eigenvalue weighted by molar-refractivity contribution is 7.75. The first-order chi connectivity index (χ1) is 5.60. The predicted molar refractivity (Wildman–Crippen MR) is 42.7 cm³/mol. The van der Waals surface area contributed by atoms with Gasteiger partial charge in [-0.3, -0.25) is 0 Å². The molecule has 0 rings (SSSR count). The standard InChI is InChI=1S/C6H13O5P/c7-3-12(4-8,5-9)2-1-6(10)11/h7-9H,1-5H2. The summed E-state index contributed by atoms with van der Waals surface area (Å²) >= 11 is 0. The van der Waals surface area contributed by atoms with Crippen molar-refractivity contribution >= 4 is 13.2 Å². The van der Waals surface area contributed by atoms with Crippen molar-refractivity contribution < 1.29 is 25.2 Å². The minimum Gasteiger partial charge on any atom is -0.550 e. The molecule has 0 aromatic carbocycles. The quantitative estimate of drug-likeness (QED) is 0.426. The molecule has 3 N–H and O–H groups in total. The summed E-state index contributed by atoms with van der Waals surface area (Å²) in [5.41, 5.74) is 0. The van der Waals surface area contributed by atoms with E-state index >= 15 is 0 Å². The van der Waals surface area contributed by atoms with Crippen LogP contribution in [0.15, 0.2) is 0 Å². The Labute approximate surface area is 71.0 Å². The van der Waals surface area contributed by atoms with E-state index in [1.54, 1.807) is 0 Å². The molecule has 0 atom stereocenters. The number of carboxylic acids is 1. The SMILES string of the molecule is O=C([O-])CC[P+](CO)(CO)CO. The number of carbonyl (C=O) groups is 1. The van der Waals surface area contributed by atoms with Crippen LogP contribution in [-0.4, -0.2) is 46.5 Å². The van der Waals surface area contributed by atoms with Crippen LogP contribution in [0, 0.1) is 0 Å². The fourth-order valence-electron chi connectivity index (χ4n) is 0.675. The van der Waals surface area contributed by atoms with Gasteiger partial charge in [0.05, 0.1) is 13.4 Å². The maximum Gasteiger partial charge on any atom is 0.158 e. The zero-order valence-electron chi connectivity index (χ0n) is 6.64. The minimum absolute atomic E-state index is 0.124. The lowest BCUT2D eigenvalue weighted by Gasteiger charge is -2.19. The Morgan fingerprint density at radius 2 is 1.58 bits per heavy atom. The van der Waals surface area contributed by atoms with Crippen LogP contribution in [0.3, 0.4) is 0 Å². The van der Waals surface area contributed by atoms with E-state index in [-0.39, 0.29) is 31.6 Å². The van der Waals surface area contributed by atoms with Crippen molar-refractivity contribution in [2.45, 2.75) is 6.42 Å². The summed E-state index contributed by atoms with van der Waals surface area (Å²) in [4.78, 5) is 10.1.